The Balaban J connectivity index is 1.28. The normalized spacial score (nSPS) is 17.4. The van der Waals surface area contributed by atoms with Crippen molar-refractivity contribution < 1.29 is 8.42 Å². The van der Waals surface area contributed by atoms with Gasteiger partial charge in [-0.05, 0) is 58.3 Å². The van der Waals surface area contributed by atoms with Crippen LogP contribution >= 0.6 is 22.9 Å². The van der Waals surface area contributed by atoms with Crippen LogP contribution in [0.15, 0.2) is 70.9 Å². The number of hydrogen-bond donors (Lipinski definition) is 0. The van der Waals surface area contributed by atoms with Gasteiger partial charge in [0.05, 0.1) is 6.04 Å². The third-order valence-corrected chi connectivity index (χ3v) is 10.9. The van der Waals surface area contributed by atoms with Crippen LogP contribution in [0.3, 0.4) is 0 Å². The van der Waals surface area contributed by atoms with Crippen LogP contribution in [-0.2, 0) is 10.0 Å². The molecule has 0 bridgehead atoms. The fourth-order valence-corrected chi connectivity index (χ4v) is 8.73. The number of benzene rings is 3. The van der Waals surface area contributed by atoms with E-state index in [2.05, 4.69) is 53.4 Å². The van der Waals surface area contributed by atoms with Crippen molar-refractivity contribution in [1.29, 1.82) is 0 Å². The minimum absolute atomic E-state index is 0.176. The first-order valence-electron chi connectivity index (χ1n) is 11.1. The smallest absolute Gasteiger partial charge is 0.252 e. The fraction of sp³-hybridized carbons (Fsp3) is 0.231. The zero-order chi connectivity index (χ0) is 22.7. The minimum Gasteiger partial charge on any atom is -0.290 e. The van der Waals surface area contributed by atoms with E-state index in [0.29, 0.717) is 35.4 Å². The predicted molar refractivity (Wildman–Crippen MR) is 136 cm³/mol. The van der Waals surface area contributed by atoms with Gasteiger partial charge in [0.2, 0.25) is 0 Å². The predicted octanol–water partition coefficient (Wildman–Crippen LogP) is 5.94. The summed E-state index contributed by atoms with van der Waals surface area (Å²) in [5.41, 5.74) is 5.98. The highest BCUT2D eigenvalue weighted by atomic mass is 35.5. The van der Waals surface area contributed by atoms with E-state index in [9.17, 15) is 8.42 Å². The van der Waals surface area contributed by atoms with Crippen LogP contribution in [0.1, 0.15) is 22.7 Å². The summed E-state index contributed by atoms with van der Waals surface area (Å²) in [4.78, 5) is 2.42. The quantitative estimate of drug-likeness (QED) is 0.354. The number of thiophene rings is 1. The van der Waals surface area contributed by atoms with E-state index >= 15 is 0 Å². The van der Waals surface area contributed by atoms with Gasteiger partial charge in [-0.2, -0.15) is 4.31 Å². The molecule has 4 nitrogen and oxygen atoms in total. The third kappa shape index (κ3) is 3.35. The molecule has 0 atom stereocenters. The van der Waals surface area contributed by atoms with Gasteiger partial charge in [0.15, 0.2) is 0 Å². The summed E-state index contributed by atoms with van der Waals surface area (Å²) >= 11 is 7.49. The molecule has 0 amide bonds. The monoisotopic (exact) mass is 494 g/mol. The average molecular weight is 495 g/mol. The Bertz CT molecular complexity index is 1440. The summed E-state index contributed by atoms with van der Waals surface area (Å²) in [5, 5.41) is 1.54. The van der Waals surface area contributed by atoms with Crippen molar-refractivity contribution in [3.63, 3.8) is 0 Å². The van der Waals surface area contributed by atoms with Crippen molar-refractivity contribution in [3.05, 3.63) is 88.4 Å². The van der Waals surface area contributed by atoms with Crippen molar-refractivity contribution in [2.45, 2.75) is 17.2 Å². The van der Waals surface area contributed by atoms with Crippen LogP contribution in [0.2, 0.25) is 5.02 Å². The van der Waals surface area contributed by atoms with Crippen molar-refractivity contribution in [1.82, 2.24) is 9.21 Å². The Hall–Kier alpha value is -2.22. The Kier molecular flexibility index (Phi) is 5.12. The zero-order valence-corrected chi connectivity index (χ0v) is 20.6. The van der Waals surface area contributed by atoms with Crippen LogP contribution in [0.25, 0.3) is 21.2 Å². The molecule has 2 heterocycles. The first-order chi connectivity index (χ1) is 15.9. The van der Waals surface area contributed by atoms with Gasteiger partial charge in [-0.1, -0.05) is 60.1 Å². The molecule has 0 unspecified atom stereocenters. The lowest BCUT2D eigenvalue weighted by Gasteiger charge is -2.38. The highest BCUT2D eigenvalue weighted by Gasteiger charge is 2.37. The summed E-state index contributed by atoms with van der Waals surface area (Å²) in [7, 11) is -3.55. The molecule has 2 aliphatic rings. The van der Waals surface area contributed by atoms with Crippen molar-refractivity contribution in [2.24, 2.45) is 0 Å². The van der Waals surface area contributed by atoms with Gasteiger partial charge in [-0.25, -0.2) is 8.42 Å². The second-order valence-corrected chi connectivity index (χ2v) is 12.3. The van der Waals surface area contributed by atoms with E-state index in [4.69, 9.17) is 11.6 Å². The molecule has 1 aromatic heterocycles. The molecule has 0 radical (unpaired) electrons. The standard InChI is InChI=1S/C26H23ClN2O2S2/c1-17-23-16-18(27)10-11-24(23)32-26(17)33(30,31)29-14-12-28(13-15-29)25-21-8-4-2-6-19(21)20-7-3-5-9-22(20)25/h2-11,16,25H,12-15H2,1H3. The lowest BCUT2D eigenvalue weighted by molar-refractivity contribution is 0.158. The molecule has 1 saturated heterocycles. The topological polar surface area (TPSA) is 40.6 Å². The molecule has 0 saturated carbocycles. The first kappa shape index (κ1) is 21.3. The second-order valence-electron chi connectivity index (χ2n) is 8.67. The van der Waals surface area contributed by atoms with E-state index in [1.807, 2.05) is 25.1 Å². The van der Waals surface area contributed by atoms with E-state index in [1.165, 1.54) is 33.6 Å². The summed E-state index contributed by atoms with van der Waals surface area (Å²) in [6.45, 7) is 4.24. The molecule has 1 fully saturated rings. The fourth-order valence-electron chi connectivity index (χ4n) is 5.26. The molecule has 1 aliphatic carbocycles. The Morgan fingerprint density at radius 3 is 2.12 bits per heavy atom. The third-order valence-electron chi connectivity index (χ3n) is 6.87. The Morgan fingerprint density at radius 1 is 0.879 bits per heavy atom. The highest BCUT2D eigenvalue weighted by molar-refractivity contribution is 7.91. The number of hydrogen-bond acceptors (Lipinski definition) is 4. The number of nitrogens with zero attached hydrogens (tertiary/aromatic N) is 2. The molecule has 33 heavy (non-hydrogen) atoms. The largest absolute Gasteiger partial charge is 0.290 e. The van der Waals surface area contributed by atoms with Gasteiger partial charge in [-0.15, -0.1) is 11.3 Å². The maximum atomic E-state index is 13.6. The summed E-state index contributed by atoms with van der Waals surface area (Å²) in [5.74, 6) is 0. The van der Waals surface area contributed by atoms with Crippen LogP contribution in [0.4, 0.5) is 0 Å². The maximum Gasteiger partial charge on any atom is 0.252 e. The Labute approximate surface area is 203 Å². The number of sulfonamides is 1. The lowest BCUT2D eigenvalue weighted by Crippen LogP contribution is -2.49. The molecule has 4 aromatic rings. The van der Waals surface area contributed by atoms with Crippen molar-refractivity contribution in [2.75, 3.05) is 26.2 Å². The van der Waals surface area contributed by atoms with E-state index in [0.717, 1.165) is 15.6 Å². The SMILES string of the molecule is Cc1c(S(=O)(=O)N2CCN(C3c4ccccc4-c4ccccc43)CC2)sc2ccc(Cl)cc12. The molecule has 0 N–H and O–H groups in total. The van der Waals surface area contributed by atoms with Gasteiger partial charge in [0.25, 0.3) is 10.0 Å². The molecule has 1 aliphatic heterocycles. The molecular weight excluding hydrogens is 472 g/mol. The molecule has 7 heteroatoms. The van der Waals surface area contributed by atoms with Crippen LogP contribution in [0, 0.1) is 6.92 Å². The van der Waals surface area contributed by atoms with Gasteiger partial charge in [-0.3, -0.25) is 4.90 Å². The number of fused-ring (bicyclic) bond motifs is 4. The summed E-state index contributed by atoms with van der Waals surface area (Å²) in [6, 6.07) is 22.9. The maximum absolute atomic E-state index is 13.6. The van der Waals surface area contributed by atoms with Crippen molar-refractivity contribution in [3.8, 4) is 11.1 Å². The minimum atomic E-state index is -3.55. The van der Waals surface area contributed by atoms with Crippen LogP contribution in [0.5, 0.6) is 0 Å². The van der Waals surface area contributed by atoms with Crippen molar-refractivity contribution >= 4 is 43.0 Å². The molecular formula is C26H23ClN2O2S2. The number of rotatable bonds is 3. The van der Waals surface area contributed by atoms with Gasteiger partial charge in [0.1, 0.15) is 4.21 Å². The average Bonchev–Trinajstić information content (AvgIpc) is 3.34. The lowest BCUT2D eigenvalue weighted by atomic mass is 10.0. The number of aryl methyl sites for hydroxylation is 1. The van der Waals surface area contributed by atoms with Gasteiger partial charge in [0, 0.05) is 35.9 Å². The van der Waals surface area contributed by atoms with E-state index in [-0.39, 0.29) is 6.04 Å². The zero-order valence-electron chi connectivity index (χ0n) is 18.2. The molecule has 3 aromatic carbocycles. The van der Waals surface area contributed by atoms with E-state index < -0.39 is 10.0 Å². The number of halogens is 1. The highest BCUT2D eigenvalue weighted by Crippen LogP contribution is 2.46. The molecule has 0 spiro atoms. The van der Waals surface area contributed by atoms with Gasteiger partial charge >= 0.3 is 0 Å². The first-order valence-corrected chi connectivity index (χ1v) is 13.7. The van der Waals surface area contributed by atoms with Crippen LogP contribution in [-0.4, -0.2) is 43.8 Å². The molecule has 168 valence electrons. The summed E-state index contributed by atoms with van der Waals surface area (Å²) < 4.78 is 30.2. The van der Waals surface area contributed by atoms with Gasteiger partial charge < -0.3 is 0 Å². The summed E-state index contributed by atoms with van der Waals surface area (Å²) in [6.07, 6.45) is 0. The second kappa shape index (κ2) is 7.93. The van der Waals surface area contributed by atoms with Crippen LogP contribution < -0.4 is 0 Å². The Morgan fingerprint density at radius 2 is 1.48 bits per heavy atom. The van der Waals surface area contributed by atoms with E-state index in [1.54, 1.807) is 4.31 Å². The molecule has 6 rings (SSSR count). The number of piperazine rings is 1.